The minimum atomic E-state index is -0.329. The maximum absolute atomic E-state index is 12.8. The topological polar surface area (TPSA) is 88.0 Å². The Morgan fingerprint density at radius 2 is 2.07 bits per heavy atom. The molecule has 1 aromatic heterocycles. The van der Waals surface area contributed by atoms with Gasteiger partial charge < -0.3 is 16.0 Å². The first-order chi connectivity index (χ1) is 13.2. The molecular weight excluding hydrogens is 378 g/mol. The second kappa shape index (κ2) is 8.75. The van der Waals surface area contributed by atoms with E-state index in [0.29, 0.717) is 11.6 Å². The Morgan fingerprint density at radius 1 is 1.25 bits per heavy atom. The number of carbonyl (C=O) groups excluding carboxylic acids is 2. The monoisotopic (exact) mass is 403 g/mol. The summed E-state index contributed by atoms with van der Waals surface area (Å²) in [5.41, 5.74) is 1.29. The normalized spacial score (nSPS) is 23.4. The molecular formula is C20H26ClN5O2. The number of nitrogens with zero attached hydrogens (tertiary/aromatic N) is 2. The smallest absolute Gasteiger partial charge is 0.243 e. The fourth-order valence-corrected chi connectivity index (χ4v) is 4.35. The van der Waals surface area contributed by atoms with Crippen molar-refractivity contribution in [3.8, 4) is 5.69 Å². The number of hydrogen-bond donors (Lipinski definition) is 3. The molecule has 4 rings (SSSR count). The Balaban J connectivity index is 0.00000225. The van der Waals surface area contributed by atoms with Crippen molar-refractivity contribution in [2.75, 3.05) is 25.0 Å². The average Bonchev–Trinajstić information content (AvgIpc) is 3.37. The summed E-state index contributed by atoms with van der Waals surface area (Å²) in [6, 6.07) is 9.28. The summed E-state index contributed by atoms with van der Waals surface area (Å²) >= 11 is 0. The summed E-state index contributed by atoms with van der Waals surface area (Å²) < 4.78 is 1.75. The Morgan fingerprint density at radius 3 is 2.82 bits per heavy atom. The van der Waals surface area contributed by atoms with Crippen LogP contribution in [0.4, 0.5) is 5.69 Å². The van der Waals surface area contributed by atoms with Gasteiger partial charge in [-0.1, -0.05) is 12.8 Å². The molecule has 1 saturated carbocycles. The number of amides is 2. The van der Waals surface area contributed by atoms with Gasteiger partial charge in [0, 0.05) is 24.6 Å². The highest BCUT2D eigenvalue weighted by atomic mass is 35.5. The predicted molar refractivity (Wildman–Crippen MR) is 110 cm³/mol. The highest BCUT2D eigenvalue weighted by molar-refractivity contribution is 5.95. The third-order valence-electron chi connectivity index (χ3n) is 5.82. The lowest BCUT2D eigenvalue weighted by molar-refractivity contribution is -0.135. The van der Waals surface area contributed by atoms with Crippen molar-refractivity contribution in [1.82, 2.24) is 20.4 Å². The Bertz CT molecular complexity index is 809. The van der Waals surface area contributed by atoms with Crippen LogP contribution in [0.1, 0.15) is 25.7 Å². The minimum absolute atomic E-state index is 0. The third kappa shape index (κ3) is 4.05. The Hall–Kier alpha value is -2.38. The molecule has 3 N–H and O–H groups in total. The van der Waals surface area contributed by atoms with Gasteiger partial charge in [-0.2, -0.15) is 5.10 Å². The molecule has 150 valence electrons. The second-order valence-corrected chi connectivity index (χ2v) is 7.46. The lowest BCUT2D eigenvalue weighted by Crippen LogP contribution is -2.49. The molecule has 2 aromatic rings. The molecule has 28 heavy (non-hydrogen) atoms. The molecule has 0 unspecified atom stereocenters. The van der Waals surface area contributed by atoms with Gasteiger partial charge in [0.05, 0.1) is 17.6 Å². The quantitative estimate of drug-likeness (QED) is 0.713. The van der Waals surface area contributed by atoms with Crippen LogP contribution in [0, 0.1) is 11.3 Å². The molecule has 0 spiro atoms. The van der Waals surface area contributed by atoms with Crippen molar-refractivity contribution in [3.63, 3.8) is 0 Å². The number of benzene rings is 1. The van der Waals surface area contributed by atoms with Crippen LogP contribution >= 0.6 is 12.4 Å². The first kappa shape index (κ1) is 20.4. The molecule has 1 aliphatic carbocycles. The van der Waals surface area contributed by atoms with Gasteiger partial charge >= 0.3 is 0 Å². The van der Waals surface area contributed by atoms with Crippen molar-refractivity contribution in [1.29, 1.82) is 0 Å². The van der Waals surface area contributed by atoms with Crippen LogP contribution < -0.4 is 16.0 Å². The van der Waals surface area contributed by atoms with E-state index in [4.69, 9.17) is 0 Å². The molecule has 2 atom stereocenters. The molecule has 2 heterocycles. The van der Waals surface area contributed by atoms with Crippen LogP contribution in [-0.4, -0.2) is 41.2 Å². The van der Waals surface area contributed by atoms with Crippen molar-refractivity contribution in [2.45, 2.75) is 25.7 Å². The summed E-state index contributed by atoms with van der Waals surface area (Å²) in [5, 5.41) is 13.2. The van der Waals surface area contributed by atoms with Crippen LogP contribution in [0.15, 0.2) is 42.7 Å². The van der Waals surface area contributed by atoms with Crippen molar-refractivity contribution < 1.29 is 9.59 Å². The molecule has 1 saturated heterocycles. The van der Waals surface area contributed by atoms with E-state index in [-0.39, 0.29) is 36.2 Å². The minimum Gasteiger partial charge on any atom is -0.346 e. The zero-order valence-corrected chi connectivity index (χ0v) is 16.5. The van der Waals surface area contributed by atoms with Crippen molar-refractivity contribution in [3.05, 3.63) is 42.7 Å². The third-order valence-corrected chi connectivity index (χ3v) is 5.82. The SMILES string of the molecule is Cl.O=C(CNC(=O)[C@@]12CCCC[C@H]1CNC2)Nc1ccc(-n2cccn2)cc1. The summed E-state index contributed by atoms with van der Waals surface area (Å²) in [5.74, 6) is 0.190. The molecule has 2 fully saturated rings. The zero-order chi connectivity index (χ0) is 18.7. The highest BCUT2D eigenvalue weighted by Crippen LogP contribution is 2.43. The maximum atomic E-state index is 12.8. The summed E-state index contributed by atoms with van der Waals surface area (Å²) in [7, 11) is 0. The van der Waals surface area contributed by atoms with Gasteiger partial charge in [0.15, 0.2) is 0 Å². The number of hydrogen-bond acceptors (Lipinski definition) is 4. The van der Waals surface area contributed by atoms with Gasteiger partial charge in [0.25, 0.3) is 0 Å². The van der Waals surface area contributed by atoms with E-state index >= 15 is 0 Å². The van der Waals surface area contributed by atoms with E-state index in [1.165, 1.54) is 6.42 Å². The highest BCUT2D eigenvalue weighted by Gasteiger charge is 2.49. The Kier molecular flexibility index (Phi) is 6.36. The first-order valence-corrected chi connectivity index (χ1v) is 9.56. The molecule has 0 radical (unpaired) electrons. The average molecular weight is 404 g/mol. The number of aromatic nitrogens is 2. The Labute approximate surface area is 170 Å². The fourth-order valence-electron chi connectivity index (χ4n) is 4.35. The standard InChI is InChI=1S/C20H25N5O2.ClH/c26-18(24-16-5-7-17(8-6-16)25-11-3-10-23-25)13-22-19(27)20-9-2-1-4-15(20)12-21-14-20;/h3,5-8,10-11,15,21H,1-2,4,9,12-14H2,(H,22,27)(H,24,26);1H/t15-,20+;/m0./s1. The van der Waals surface area contributed by atoms with Gasteiger partial charge in [0.1, 0.15) is 0 Å². The van der Waals surface area contributed by atoms with Crippen molar-refractivity contribution >= 4 is 29.9 Å². The molecule has 7 nitrogen and oxygen atoms in total. The lowest BCUT2D eigenvalue weighted by atomic mass is 9.67. The number of rotatable bonds is 5. The van der Waals surface area contributed by atoms with E-state index in [1.54, 1.807) is 10.9 Å². The van der Waals surface area contributed by atoms with Gasteiger partial charge in [-0.3, -0.25) is 9.59 Å². The van der Waals surface area contributed by atoms with E-state index < -0.39 is 0 Å². The number of fused-ring (bicyclic) bond motifs is 1. The van der Waals surface area contributed by atoms with Gasteiger partial charge in [-0.05, 0) is 55.6 Å². The fraction of sp³-hybridized carbons (Fsp3) is 0.450. The van der Waals surface area contributed by atoms with Gasteiger partial charge in [-0.15, -0.1) is 12.4 Å². The largest absolute Gasteiger partial charge is 0.346 e. The first-order valence-electron chi connectivity index (χ1n) is 9.56. The lowest BCUT2D eigenvalue weighted by Gasteiger charge is -2.37. The van der Waals surface area contributed by atoms with Crippen LogP contribution in [0.3, 0.4) is 0 Å². The van der Waals surface area contributed by atoms with Crippen LogP contribution in [0.5, 0.6) is 0 Å². The van der Waals surface area contributed by atoms with Crippen LogP contribution in [0.25, 0.3) is 5.69 Å². The predicted octanol–water partition coefficient (Wildman–Crippen LogP) is 2.13. The maximum Gasteiger partial charge on any atom is 0.243 e. The van der Waals surface area contributed by atoms with E-state index in [1.807, 2.05) is 36.5 Å². The number of carbonyl (C=O) groups is 2. The van der Waals surface area contributed by atoms with Gasteiger partial charge in [0.2, 0.25) is 11.8 Å². The van der Waals surface area contributed by atoms with E-state index in [0.717, 1.165) is 38.0 Å². The van der Waals surface area contributed by atoms with E-state index in [9.17, 15) is 9.59 Å². The number of nitrogens with one attached hydrogen (secondary N) is 3. The molecule has 0 bridgehead atoms. The molecule has 1 aromatic carbocycles. The summed E-state index contributed by atoms with van der Waals surface area (Å²) in [6.45, 7) is 1.62. The molecule has 2 amide bonds. The van der Waals surface area contributed by atoms with Crippen LogP contribution in [0.2, 0.25) is 0 Å². The van der Waals surface area contributed by atoms with Gasteiger partial charge in [-0.25, -0.2) is 4.68 Å². The zero-order valence-electron chi connectivity index (χ0n) is 15.7. The second-order valence-electron chi connectivity index (χ2n) is 7.46. The van der Waals surface area contributed by atoms with Crippen molar-refractivity contribution in [2.24, 2.45) is 11.3 Å². The number of halogens is 1. The number of anilines is 1. The summed E-state index contributed by atoms with van der Waals surface area (Å²) in [6.07, 6.45) is 7.85. The summed E-state index contributed by atoms with van der Waals surface area (Å²) in [4.78, 5) is 25.0. The molecule has 1 aliphatic heterocycles. The molecule has 2 aliphatic rings. The molecule has 8 heteroatoms. The van der Waals surface area contributed by atoms with Crippen LogP contribution in [-0.2, 0) is 9.59 Å². The van der Waals surface area contributed by atoms with E-state index in [2.05, 4.69) is 21.0 Å².